The van der Waals surface area contributed by atoms with Crippen molar-refractivity contribution in [1.29, 1.82) is 0 Å². The van der Waals surface area contributed by atoms with Gasteiger partial charge < -0.3 is 9.79 Å². The summed E-state index contributed by atoms with van der Waals surface area (Å²) in [6, 6.07) is 3.65. The Morgan fingerprint density at radius 3 is 2.42 bits per heavy atom. The number of hydrogen-bond donors (Lipinski definition) is 2. The lowest BCUT2D eigenvalue weighted by Gasteiger charge is -2.04. The van der Waals surface area contributed by atoms with Crippen LogP contribution in [0.3, 0.4) is 0 Å². The Morgan fingerprint density at radius 2 is 2.00 bits per heavy atom. The van der Waals surface area contributed by atoms with Gasteiger partial charge in [0.1, 0.15) is 5.82 Å². The van der Waals surface area contributed by atoms with E-state index in [1.807, 2.05) is 0 Å². The van der Waals surface area contributed by atoms with Crippen molar-refractivity contribution in [2.24, 2.45) is 0 Å². The van der Waals surface area contributed by atoms with Gasteiger partial charge in [-0.15, -0.1) is 0 Å². The van der Waals surface area contributed by atoms with Gasteiger partial charge in [-0.25, -0.2) is 4.39 Å². The van der Waals surface area contributed by atoms with E-state index in [-0.39, 0.29) is 0 Å². The monoisotopic (exact) mass is 190 g/mol. The van der Waals surface area contributed by atoms with Gasteiger partial charge in [0.25, 0.3) is 0 Å². The van der Waals surface area contributed by atoms with Crippen molar-refractivity contribution in [1.82, 2.24) is 0 Å². The van der Waals surface area contributed by atoms with Crippen molar-refractivity contribution in [2.45, 2.75) is 6.92 Å². The summed E-state index contributed by atoms with van der Waals surface area (Å²) < 4.78 is 23.5. The SMILES string of the molecule is Cc1ccc(P(=O)(O)O)c(F)c1. The Kier molecular flexibility index (Phi) is 2.33. The normalized spacial score (nSPS) is 11.7. The van der Waals surface area contributed by atoms with Crippen LogP contribution in [0.1, 0.15) is 5.56 Å². The first-order valence-corrected chi connectivity index (χ1v) is 4.85. The fourth-order valence-electron chi connectivity index (χ4n) is 0.848. The first-order chi connectivity index (χ1) is 5.41. The van der Waals surface area contributed by atoms with Crippen LogP contribution in [-0.4, -0.2) is 9.79 Å². The molecule has 0 atom stereocenters. The molecule has 0 aromatic heterocycles. The first kappa shape index (κ1) is 9.39. The van der Waals surface area contributed by atoms with E-state index in [4.69, 9.17) is 9.79 Å². The van der Waals surface area contributed by atoms with E-state index < -0.39 is 18.7 Å². The second-order valence-corrected chi connectivity index (χ2v) is 4.07. The van der Waals surface area contributed by atoms with E-state index in [1.165, 1.54) is 6.07 Å². The average molecular weight is 190 g/mol. The summed E-state index contributed by atoms with van der Waals surface area (Å²) in [5.41, 5.74) is 0.629. The predicted molar refractivity (Wildman–Crippen MR) is 42.8 cm³/mol. The molecule has 0 fully saturated rings. The summed E-state index contributed by atoms with van der Waals surface area (Å²) in [4.78, 5) is 17.3. The van der Waals surface area contributed by atoms with Crippen molar-refractivity contribution in [3.05, 3.63) is 29.6 Å². The summed E-state index contributed by atoms with van der Waals surface area (Å²) in [6.07, 6.45) is 0. The van der Waals surface area contributed by atoms with Crippen LogP contribution >= 0.6 is 7.60 Å². The Morgan fingerprint density at radius 1 is 1.42 bits per heavy atom. The molecular weight excluding hydrogens is 182 g/mol. The fraction of sp³-hybridized carbons (Fsp3) is 0.143. The van der Waals surface area contributed by atoms with E-state index in [2.05, 4.69) is 0 Å². The Labute approximate surface area is 69.0 Å². The Balaban J connectivity index is 3.28. The summed E-state index contributed by atoms with van der Waals surface area (Å²) in [6.45, 7) is 1.65. The molecule has 0 saturated carbocycles. The molecule has 0 bridgehead atoms. The zero-order valence-electron chi connectivity index (χ0n) is 6.36. The van der Waals surface area contributed by atoms with Crippen molar-refractivity contribution in [2.75, 3.05) is 0 Å². The smallest absolute Gasteiger partial charge is 0.321 e. The number of benzene rings is 1. The van der Waals surface area contributed by atoms with E-state index in [0.717, 1.165) is 12.1 Å². The standard InChI is InChI=1S/C7H8FO3P/c1-5-2-3-7(6(8)4-5)12(9,10)11/h2-4H,1H3,(H2,9,10,11). The second-order valence-electron chi connectivity index (χ2n) is 2.50. The molecule has 3 nitrogen and oxygen atoms in total. The molecule has 0 aliphatic heterocycles. The molecule has 0 amide bonds. The number of hydrogen-bond acceptors (Lipinski definition) is 1. The summed E-state index contributed by atoms with van der Waals surface area (Å²) in [5.74, 6) is -0.858. The second kappa shape index (κ2) is 2.98. The molecular formula is C7H8FO3P. The molecule has 5 heteroatoms. The molecule has 2 N–H and O–H groups in total. The Hall–Kier alpha value is -0.700. The largest absolute Gasteiger partial charge is 0.359 e. The molecule has 1 aromatic carbocycles. The molecule has 0 aliphatic rings. The number of halogens is 1. The Bertz CT molecular complexity index is 345. The third kappa shape index (κ3) is 1.91. The van der Waals surface area contributed by atoms with E-state index in [9.17, 15) is 8.96 Å². The van der Waals surface area contributed by atoms with Gasteiger partial charge >= 0.3 is 7.60 Å². The quantitative estimate of drug-likeness (QED) is 0.648. The molecule has 0 saturated heterocycles. The minimum absolute atomic E-state index is 0.548. The molecule has 1 rings (SSSR count). The molecule has 0 aliphatic carbocycles. The molecule has 0 spiro atoms. The maximum Gasteiger partial charge on any atom is 0.359 e. The topological polar surface area (TPSA) is 57.5 Å². The third-order valence-electron chi connectivity index (χ3n) is 1.42. The summed E-state index contributed by atoms with van der Waals surface area (Å²) in [7, 11) is -4.45. The van der Waals surface area contributed by atoms with Crippen LogP contribution in [0.4, 0.5) is 4.39 Å². The number of rotatable bonds is 1. The van der Waals surface area contributed by atoms with Crippen molar-refractivity contribution in [3.63, 3.8) is 0 Å². The zero-order chi connectivity index (χ0) is 9.35. The summed E-state index contributed by atoms with van der Waals surface area (Å²) in [5, 5.41) is -0.548. The minimum Gasteiger partial charge on any atom is -0.321 e. The van der Waals surface area contributed by atoms with Gasteiger partial charge in [0, 0.05) is 0 Å². The van der Waals surface area contributed by atoms with Gasteiger partial charge in [-0.3, -0.25) is 4.57 Å². The van der Waals surface area contributed by atoms with Crippen LogP contribution in [0.25, 0.3) is 0 Å². The molecule has 0 heterocycles. The lowest BCUT2D eigenvalue weighted by Crippen LogP contribution is -2.08. The average Bonchev–Trinajstić information content (AvgIpc) is 1.83. The molecule has 66 valence electrons. The van der Waals surface area contributed by atoms with Crippen LogP contribution in [0.2, 0.25) is 0 Å². The lowest BCUT2D eigenvalue weighted by molar-refractivity contribution is 0.385. The molecule has 0 radical (unpaired) electrons. The van der Waals surface area contributed by atoms with E-state index in [0.29, 0.717) is 5.56 Å². The predicted octanol–water partition coefficient (Wildman–Crippen LogP) is 0.937. The highest BCUT2D eigenvalue weighted by Crippen LogP contribution is 2.34. The highest BCUT2D eigenvalue weighted by Gasteiger charge is 2.21. The highest BCUT2D eigenvalue weighted by atomic mass is 31.2. The fourth-order valence-corrected chi connectivity index (χ4v) is 1.46. The van der Waals surface area contributed by atoms with Crippen LogP contribution in [0.5, 0.6) is 0 Å². The van der Waals surface area contributed by atoms with Gasteiger partial charge in [-0.2, -0.15) is 0 Å². The van der Waals surface area contributed by atoms with Gasteiger partial charge in [-0.1, -0.05) is 6.07 Å². The third-order valence-corrected chi connectivity index (χ3v) is 2.41. The van der Waals surface area contributed by atoms with Crippen LogP contribution in [0.15, 0.2) is 18.2 Å². The van der Waals surface area contributed by atoms with Crippen molar-refractivity contribution < 1.29 is 18.7 Å². The van der Waals surface area contributed by atoms with Crippen molar-refractivity contribution >= 4 is 12.9 Å². The van der Waals surface area contributed by atoms with Gasteiger partial charge in [-0.05, 0) is 24.6 Å². The van der Waals surface area contributed by atoms with E-state index in [1.54, 1.807) is 6.92 Å². The van der Waals surface area contributed by atoms with Gasteiger partial charge in [0.2, 0.25) is 0 Å². The zero-order valence-corrected chi connectivity index (χ0v) is 7.25. The number of aryl methyl sites for hydroxylation is 1. The van der Waals surface area contributed by atoms with Crippen LogP contribution in [0, 0.1) is 12.7 Å². The highest BCUT2D eigenvalue weighted by molar-refractivity contribution is 7.60. The van der Waals surface area contributed by atoms with Gasteiger partial charge in [0.05, 0.1) is 5.30 Å². The maximum absolute atomic E-state index is 12.9. The first-order valence-electron chi connectivity index (χ1n) is 3.23. The molecule has 0 unspecified atom stereocenters. The summed E-state index contributed by atoms with van der Waals surface area (Å²) >= 11 is 0. The minimum atomic E-state index is -4.45. The maximum atomic E-state index is 12.9. The molecule has 1 aromatic rings. The lowest BCUT2D eigenvalue weighted by atomic mass is 10.2. The van der Waals surface area contributed by atoms with Crippen LogP contribution < -0.4 is 5.30 Å². The van der Waals surface area contributed by atoms with Crippen LogP contribution in [-0.2, 0) is 4.57 Å². The van der Waals surface area contributed by atoms with Crippen molar-refractivity contribution in [3.8, 4) is 0 Å². The van der Waals surface area contributed by atoms with Gasteiger partial charge in [0.15, 0.2) is 0 Å². The van der Waals surface area contributed by atoms with E-state index >= 15 is 0 Å². The molecule has 12 heavy (non-hydrogen) atoms.